The Morgan fingerprint density at radius 2 is 2.00 bits per heavy atom. The minimum atomic E-state index is 0.253. The van der Waals surface area contributed by atoms with E-state index in [0.29, 0.717) is 5.82 Å². The van der Waals surface area contributed by atoms with E-state index in [1.54, 1.807) is 24.3 Å². The highest BCUT2D eigenvalue weighted by atomic mass is 16.3. The monoisotopic (exact) mass is 203 g/mol. The van der Waals surface area contributed by atoms with E-state index in [9.17, 15) is 0 Å². The van der Waals surface area contributed by atoms with Crippen LogP contribution in [0.3, 0.4) is 0 Å². The smallest absolute Gasteiger partial charge is 0.181 e. The second-order valence-electron chi connectivity index (χ2n) is 3.40. The van der Waals surface area contributed by atoms with Crippen LogP contribution in [0.5, 0.6) is 5.75 Å². The molecule has 0 radical (unpaired) electrons. The van der Waals surface area contributed by atoms with E-state index in [2.05, 4.69) is 22.1 Å². The van der Waals surface area contributed by atoms with Crippen LogP contribution < -0.4 is 0 Å². The molecule has 0 bridgehead atoms. The number of phenolic OH excluding ortho intramolecular Hbond substituents is 1. The van der Waals surface area contributed by atoms with Gasteiger partial charge in [0.25, 0.3) is 0 Å². The zero-order chi connectivity index (χ0) is 10.7. The molecule has 1 aromatic heterocycles. The first-order chi connectivity index (χ1) is 7.29. The van der Waals surface area contributed by atoms with Crippen molar-refractivity contribution < 1.29 is 5.11 Å². The SMILES string of the molecule is CCCc1nc(-c2ccc(O)cc2)n[nH]1. The normalized spacial score (nSPS) is 10.5. The molecule has 0 aliphatic rings. The minimum absolute atomic E-state index is 0.253. The summed E-state index contributed by atoms with van der Waals surface area (Å²) in [5.41, 5.74) is 0.909. The van der Waals surface area contributed by atoms with Gasteiger partial charge in [0.1, 0.15) is 11.6 Å². The van der Waals surface area contributed by atoms with Crippen molar-refractivity contribution in [3.05, 3.63) is 30.1 Å². The molecule has 0 aliphatic carbocycles. The summed E-state index contributed by atoms with van der Waals surface area (Å²) in [6.45, 7) is 2.10. The highest BCUT2D eigenvalue weighted by Gasteiger charge is 2.04. The first-order valence-corrected chi connectivity index (χ1v) is 5.00. The molecule has 4 heteroatoms. The topological polar surface area (TPSA) is 61.8 Å². The van der Waals surface area contributed by atoms with Gasteiger partial charge in [0.05, 0.1) is 0 Å². The third-order valence-corrected chi connectivity index (χ3v) is 2.14. The summed E-state index contributed by atoms with van der Waals surface area (Å²) in [4.78, 5) is 4.35. The van der Waals surface area contributed by atoms with Gasteiger partial charge in [-0.25, -0.2) is 4.98 Å². The van der Waals surface area contributed by atoms with Gasteiger partial charge < -0.3 is 5.11 Å². The third kappa shape index (κ3) is 2.15. The van der Waals surface area contributed by atoms with Gasteiger partial charge in [-0.3, -0.25) is 5.10 Å². The molecule has 15 heavy (non-hydrogen) atoms. The molecule has 0 aliphatic heterocycles. The Labute approximate surface area is 88.0 Å². The standard InChI is InChI=1S/C11H13N3O/c1-2-3-10-12-11(14-13-10)8-4-6-9(15)7-5-8/h4-7,15H,2-3H2,1H3,(H,12,13,14). The Morgan fingerprint density at radius 1 is 1.27 bits per heavy atom. The predicted molar refractivity (Wildman–Crippen MR) is 57.5 cm³/mol. The summed E-state index contributed by atoms with van der Waals surface area (Å²) in [5.74, 6) is 1.84. The van der Waals surface area contributed by atoms with Gasteiger partial charge in [-0.15, -0.1) is 0 Å². The predicted octanol–water partition coefficient (Wildman–Crippen LogP) is 2.13. The molecule has 4 nitrogen and oxygen atoms in total. The molecule has 0 unspecified atom stereocenters. The number of aromatic nitrogens is 3. The zero-order valence-electron chi connectivity index (χ0n) is 8.57. The highest BCUT2D eigenvalue weighted by Crippen LogP contribution is 2.18. The summed E-state index contributed by atoms with van der Waals surface area (Å²) < 4.78 is 0. The van der Waals surface area contributed by atoms with E-state index in [4.69, 9.17) is 5.11 Å². The first-order valence-electron chi connectivity index (χ1n) is 5.00. The molecule has 1 heterocycles. The molecule has 0 amide bonds. The van der Waals surface area contributed by atoms with Crippen molar-refractivity contribution >= 4 is 0 Å². The molecule has 2 aromatic rings. The number of aromatic amines is 1. The van der Waals surface area contributed by atoms with Gasteiger partial charge in [0.15, 0.2) is 5.82 Å². The van der Waals surface area contributed by atoms with Crippen LogP contribution in [0.15, 0.2) is 24.3 Å². The number of phenols is 1. The van der Waals surface area contributed by atoms with E-state index >= 15 is 0 Å². The van der Waals surface area contributed by atoms with Gasteiger partial charge in [0, 0.05) is 12.0 Å². The molecule has 0 spiro atoms. The Morgan fingerprint density at radius 3 is 2.67 bits per heavy atom. The van der Waals surface area contributed by atoms with Crippen LogP contribution in [0.2, 0.25) is 0 Å². The van der Waals surface area contributed by atoms with Crippen LogP contribution in [-0.2, 0) is 6.42 Å². The molecule has 0 saturated heterocycles. The Bertz CT molecular complexity index is 433. The van der Waals surface area contributed by atoms with Gasteiger partial charge in [-0.05, 0) is 30.7 Å². The number of hydrogen-bond acceptors (Lipinski definition) is 3. The number of hydrogen-bond donors (Lipinski definition) is 2. The van der Waals surface area contributed by atoms with Crippen molar-refractivity contribution in [1.82, 2.24) is 15.2 Å². The second kappa shape index (κ2) is 4.13. The van der Waals surface area contributed by atoms with Crippen LogP contribution in [0, 0.1) is 0 Å². The fourth-order valence-corrected chi connectivity index (χ4v) is 1.38. The summed E-state index contributed by atoms with van der Waals surface area (Å²) in [6, 6.07) is 6.86. The average molecular weight is 203 g/mol. The van der Waals surface area contributed by atoms with Crippen LogP contribution >= 0.6 is 0 Å². The summed E-state index contributed by atoms with van der Waals surface area (Å²) in [5, 5.41) is 16.2. The summed E-state index contributed by atoms with van der Waals surface area (Å²) in [7, 11) is 0. The largest absolute Gasteiger partial charge is 0.508 e. The lowest BCUT2D eigenvalue weighted by atomic mass is 10.2. The first kappa shape index (κ1) is 9.71. The van der Waals surface area contributed by atoms with E-state index in [1.165, 1.54) is 0 Å². The Balaban J connectivity index is 2.25. The van der Waals surface area contributed by atoms with Crippen molar-refractivity contribution in [1.29, 1.82) is 0 Å². The number of H-pyrrole nitrogens is 1. The maximum atomic E-state index is 9.14. The van der Waals surface area contributed by atoms with E-state index < -0.39 is 0 Å². The lowest BCUT2D eigenvalue weighted by Crippen LogP contribution is -1.85. The Hall–Kier alpha value is -1.84. The molecule has 2 rings (SSSR count). The van der Waals surface area contributed by atoms with Crippen LogP contribution in [0.1, 0.15) is 19.2 Å². The number of benzene rings is 1. The quantitative estimate of drug-likeness (QED) is 0.803. The maximum Gasteiger partial charge on any atom is 0.181 e. The number of rotatable bonds is 3. The van der Waals surface area contributed by atoms with Gasteiger partial charge in [-0.1, -0.05) is 6.92 Å². The average Bonchev–Trinajstić information content (AvgIpc) is 2.68. The number of nitrogens with one attached hydrogen (secondary N) is 1. The molecule has 1 aromatic carbocycles. The van der Waals surface area contributed by atoms with Gasteiger partial charge >= 0.3 is 0 Å². The van der Waals surface area contributed by atoms with Crippen molar-refractivity contribution in [2.45, 2.75) is 19.8 Å². The number of nitrogens with zero attached hydrogens (tertiary/aromatic N) is 2. The minimum Gasteiger partial charge on any atom is -0.508 e. The molecule has 2 N–H and O–H groups in total. The number of aromatic hydroxyl groups is 1. The summed E-state index contributed by atoms with van der Waals surface area (Å²) >= 11 is 0. The zero-order valence-corrected chi connectivity index (χ0v) is 8.57. The maximum absolute atomic E-state index is 9.14. The fraction of sp³-hybridized carbons (Fsp3) is 0.273. The fourth-order valence-electron chi connectivity index (χ4n) is 1.38. The summed E-state index contributed by atoms with van der Waals surface area (Å²) in [6.07, 6.45) is 1.95. The molecule has 0 saturated carbocycles. The lowest BCUT2D eigenvalue weighted by Gasteiger charge is -1.94. The molecule has 0 fully saturated rings. The van der Waals surface area contributed by atoms with Crippen molar-refractivity contribution in [3.8, 4) is 17.1 Å². The number of aryl methyl sites for hydroxylation is 1. The molecule has 0 atom stereocenters. The molecular formula is C11H13N3O. The van der Waals surface area contributed by atoms with Crippen LogP contribution in [0.25, 0.3) is 11.4 Å². The van der Waals surface area contributed by atoms with Crippen molar-refractivity contribution in [3.63, 3.8) is 0 Å². The molecular weight excluding hydrogens is 190 g/mol. The third-order valence-electron chi connectivity index (χ3n) is 2.14. The molecule has 78 valence electrons. The van der Waals surface area contributed by atoms with Gasteiger partial charge in [0.2, 0.25) is 0 Å². The van der Waals surface area contributed by atoms with E-state index in [1.807, 2.05) is 0 Å². The highest BCUT2D eigenvalue weighted by molar-refractivity contribution is 5.55. The Kier molecular flexibility index (Phi) is 2.67. The van der Waals surface area contributed by atoms with Crippen molar-refractivity contribution in [2.24, 2.45) is 0 Å². The lowest BCUT2D eigenvalue weighted by molar-refractivity contribution is 0.475. The van der Waals surface area contributed by atoms with Crippen LogP contribution in [0.4, 0.5) is 0 Å². The van der Waals surface area contributed by atoms with Crippen LogP contribution in [-0.4, -0.2) is 20.3 Å². The second-order valence-corrected chi connectivity index (χ2v) is 3.40. The van der Waals surface area contributed by atoms with E-state index in [0.717, 1.165) is 24.2 Å². The van der Waals surface area contributed by atoms with Crippen molar-refractivity contribution in [2.75, 3.05) is 0 Å². The van der Waals surface area contributed by atoms with E-state index in [-0.39, 0.29) is 5.75 Å². The van der Waals surface area contributed by atoms with Gasteiger partial charge in [-0.2, -0.15) is 5.10 Å².